The summed E-state index contributed by atoms with van der Waals surface area (Å²) in [7, 11) is 1.30. The highest BCUT2D eigenvalue weighted by atomic mass is 19.1. The van der Waals surface area contributed by atoms with E-state index >= 15 is 0 Å². The molecule has 0 spiro atoms. The van der Waals surface area contributed by atoms with E-state index in [2.05, 4.69) is 10.1 Å². The molecule has 1 amide bonds. The zero-order valence-corrected chi connectivity index (χ0v) is 12.2. The normalized spacial score (nSPS) is 12.7. The molecule has 1 aromatic rings. The molecule has 1 N–H and O–H groups in total. The van der Waals surface area contributed by atoms with Crippen LogP contribution in [-0.2, 0) is 19.7 Å². The van der Waals surface area contributed by atoms with Gasteiger partial charge in [-0.15, -0.1) is 0 Å². The summed E-state index contributed by atoms with van der Waals surface area (Å²) in [4.78, 5) is 23.4. The fraction of sp³-hybridized carbons (Fsp3) is 0.467. The highest BCUT2D eigenvalue weighted by molar-refractivity contribution is 5.87. The van der Waals surface area contributed by atoms with Gasteiger partial charge in [0, 0.05) is 6.04 Å². The van der Waals surface area contributed by atoms with Crippen molar-refractivity contribution in [1.29, 1.82) is 0 Å². The molecular weight excluding hydrogens is 261 g/mol. The highest BCUT2D eigenvalue weighted by Crippen LogP contribution is 2.23. The fourth-order valence-electron chi connectivity index (χ4n) is 1.79. The Morgan fingerprint density at radius 1 is 1.30 bits per heavy atom. The van der Waals surface area contributed by atoms with Crippen molar-refractivity contribution in [1.82, 2.24) is 5.32 Å². The Bertz CT molecular complexity index is 482. The van der Waals surface area contributed by atoms with Gasteiger partial charge in [-0.3, -0.25) is 9.59 Å². The Labute approximate surface area is 118 Å². The topological polar surface area (TPSA) is 55.4 Å². The van der Waals surface area contributed by atoms with Gasteiger partial charge in [0.15, 0.2) is 0 Å². The summed E-state index contributed by atoms with van der Waals surface area (Å²) < 4.78 is 17.5. The molecule has 1 rings (SSSR count). The molecular formula is C15H20FNO3. The van der Waals surface area contributed by atoms with Gasteiger partial charge in [0.2, 0.25) is 5.91 Å². The number of carbonyl (C=O) groups excluding carboxylic acids is 2. The molecule has 1 atom stereocenters. The van der Waals surface area contributed by atoms with Crippen molar-refractivity contribution >= 4 is 11.9 Å². The number of amides is 1. The first kappa shape index (κ1) is 16.1. The van der Waals surface area contributed by atoms with Crippen LogP contribution in [0.3, 0.4) is 0 Å². The molecule has 4 nitrogen and oxygen atoms in total. The summed E-state index contributed by atoms with van der Waals surface area (Å²) in [5.74, 6) is -0.943. The van der Waals surface area contributed by atoms with Gasteiger partial charge >= 0.3 is 5.97 Å². The molecule has 110 valence electrons. The van der Waals surface area contributed by atoms with Crippen molar-refractivity contribution in [2.45, 2.75) is 38.6 Å². The molecule has 1 unspecified atom stereocenters. The minimum Gasteiger partial charge on any atom is -0.469 e. The van der Waals surface area contributed by atoms with Crippen molar-refractivity contribution in [2.24, 2.45) is 0 Å². The number of methoxy groups -OCH3 is 1. The van der Waals surface area contributed by atoms with Crippen LogP contribution >= 0.6 is 0 Å². The van der Waals surface area contributed by atoms with Crippen LogP contribution in [0.15, 0.2) is 24.3 Å². The van der Waals surface area contributed by atoms with E-state index < -0.39 is 5.41 Å². The largest absolute Gasteiger partial charge is 0.469 e. The average molecular weight is 281 g/mol. The standard InChI is InChI=1S/C15H20FNO3/c1-10(9-13(18)20-4)17-14(19)15(2,3)11-5-7-12(16)8-6-11/h5-8,10H,9H2,1-4H3,(H,17,19). The summed E-state index contributed by atoms with van der Waals surface area (Å²) in [5, 5.41) is 2.76. The number of ether oxygens (including phenoxy) is 1. The molecule has 0 saturated carbocycles. The van der Waals surface area contributed by atoms with E-state index in [0.717, 1.165) is 0 Å². The zero-order chi connectivity index (χ0) is 15.3. The second kappa shape index (κ2) is 6.50. The van der Waals surface area contributed by atoms with E-state index in [1.807, 2.05) is 0 Å². The van der Waals surface area contributed by atoms with E-state index in [1.54, 1.807) is 32.9 Å². The molecule has 0 aliphatic carbocycles. The van der Waals surface area contributed by atoms with E-state index in [-0.39, 0.29) is 30.2 Å². The number of rotatable bonds is 5. The summed E-state index contributed by atoms with van der Waals surface area (Å²) >= 11 is 0. The maximum Gasteiger partial charge on any atom is 0.307 e. The number of benzene rings is 1. The quantitative estimate of drug-likeness (QED) is 0.842. The molecule has 0 aromatic heterocycles. The molecule has 0 saturated heterocycles. The van der Waals surface area contributed by atoms with Crippen molar-refractivity contribution in [3.63, 3.8) is 0 Å². The second-order valence-electron chi connectivity index (χ2n) is 5.29. The molecule has 0 radical (unpaired) electrons. The van der Waals surface area contributed by atoms with E-state index in [9.17, 15) is 14.0 Å². The van der Waals surface area contributed by atoms with Gasteiger partial charge < -0.3 is 10.1 Å². The van der Waals surface area contributed by atoms with Gasteiger partial charge in [0.05, 0.1) is 18.9 Å². The predicted octanol–water partition coefficient (Wildman–Crippen LogP) is 2.17. The van der Waals surface area contributed by atoms with Crippen molar-refractivity contribution in [3.8, 4) is 0 Å². The Morgan fingerprint density at radius 2 is 1.85 bits per heavy atom. The Hall–Kier alpha value is -1.91. The number of esters is 1. The monoisotopic (exact) mass is 281 g/mol. The van der Waals surface area contributed by atoms with E-state index in [1.165, 1.54) is 19.2 Å². The van der Waals surface area contributed by atoms with Crippen molar-refractivity contribution in [2.75, 3.05) is 7.11 Å². The molecule has 0 aliphatic rings. The van der Waals surface area contributed by atoms with E-state index in [4.69, 9.17) is 0 Å². The maximum absolute atomic E-state index is 12.9. The van der Waals surface area contributed by atoms with Crippen molar-refractivity contribution < 1.29 is 18.7 Å². The summed E-state index contributed by atoms with van der Waals surface area (Å²) in [5.41, 5.74) is -0.0976. The third-order valence-electron chi connectivity index (χ3n) is 3.21. The van der Waals surface area contributed by atoms with Crippen molar-refractivity contribution in [3.05, 3.63) is 35.6 Å². The lowest BCUT2D eigenvalue weighted by molar-refractivity contribution is -0.141. The van der Waals surface area contributed by atoms with Crippen LogP contribution in [0.5, 0.6) is 0 Å². The molecule has 20 heavy (non-hydrogen) atoms. The van der Waals surface area contributed by atoms with Crippen LogP contribution in [0.4, 0.5) is 4.39 Å². The van der Waals surface area contributed by atoms with Crippen LogP contribution in [0, 0.1) is 5.82 Å². The first-order chi connectivity index (χ1) is 9.27. The summed E-state index contributed by atoms with van der Waals surface area (Å²) in [6, 6.07) is 5.49. The molecule has 0 heterocycles. The van der Waals surface area contributed by atoms with Gasteiger partial charge in [-0.05, 0) is 38.5 Å². The Kier molecular flexibility index (Phi) is 5.25. The zero-order valence-electron chi connectivity index (χ0n) is 12.2. The Balaban J connectivity index is 2.74. The SMILES string of the molecule is COC(=O)CC(C)NC(=O)C(C)(C)c1ccc(F)cc1. The lowest BCUT2D eigenvalue weighted by Gasteiger charge is -2.26. The summed E-state index contributed by atoms with van der Waals surface area (Å²) in [6.07, 6.45) is 0.113. The number of hydrogen-bond acceptors (Lipinski definition) is 3. The Morgan fingerprint density at radius 3 is 2.35 bits per heavy atom. The molecule has 5 heteroatoms. The average Bonchev–Trinajstić information content (AvgIpc) is 2.38. The van der Waals surface area contributed by atoms with Gasteiger partial charge in [0.25, 0.3) is 0 Å². The molecule has 0 aliphatic heterocycles. The lowest BCUT2D eigenvalue weighted by atomic mass is 9.83. The minimum absolute atomic E-state index is 0.113. The van der Waals surface area contributed by atoms with Gasteiger partial charge in [0.1, 0.15) is 5.82 Å². The fourth-order valence-corrected chi connectivity index (χ4v) is 1.79. The number of hydrogen-bond donors (Lipinski definition) is 1. The van der Waals surface area contributed by atoms with Crippen LogP contribution in [0.25, 0.3) is 0 Å². The smallest absolute Gasteiger partial charge is 0.307 e. The molecule has 0 bridgehead atoms. The highest BCUT2D eigenvalue weighted by Gasteiger charge is 2.30. The van der Waals surface area contributed by atoms with E-state index in [0.29, 0.717) is 5.56 Å². The van der Waals surface area contributed by atoms with Crippen LogP contribution in [-0.4, -0.2) is 25.0 Å². The van der Waals surface area contributed by atoms with Gasteiger partial charge in [-0.1, -0.05) is 12.1 Å². The molecule has 1 aromatic carbocycles. The number of halogens is 1. The van der Waals surface area contributed by atoms with Gasteiger partial charge in [-0.25, -0.2) is 4.39 Å². The third-order valence-corrected chi connectivity index (χ3v) is 3.21. The number of nitrogens with one attached hydrogen (secondary N) is 1. The maximum atomic E-state index is 12.9. The second-order valence-corrected chi connectivity index (χ2v) is 5.29. The lowest BCUT2D eigenvalue weighted by Crippen LogP contribution is -2.44. The first-order valence-corrected chi connectivity index (χ1v) is 6.41. The number of carbonyl (C=O) groups is 2. The minimum atomic E-state index is -0.807. The summed E-state index contributed by atoms with van der Waals surface area (Å²) in [6.45, 7) is 5.23. The third kappa shape index (κ3) is 4.05. The van der Waals surface area contributed by atoms with Crippen LogP contribution in [0.1, 0.15) is 32.8 Å². The first-order valence-electron chi connectivity index (χ1n) is 6.41. The molecule has 0 fully saturated rings. The van der Waals surface area contributed by atoms with Gasteiger partial charge in [-0.2, -0.15) is 0 Å². The predicted molar refractivity (Wildman–Crippen MR) is 73.7 cm³/mol. The van der Waals surface area contributed by atoms with Crippen LogP contribution < -0.4 is 5.32 Å². The van der Waals surface area contributed by atoms with Crippen LogP contribution in [0.2, 0.25) is 0 Å².